The Morgan fingerprint density at radius 2 is 2.00 bits per heavy atom. The Labute approximate surface area is 89.3 Å². The van der Waals surface area contributed by atoms with Crippen LogP contribution in [0.25, 0.3) is 0 Å². The van der Waals surface area contributed by atoms with Gasteiger partial charge in [-0.1, -0.05) is 17.7 Å². The molecule has 0 heterocycles. The van der Waals surface area contributed by atoms with Gasteiger partial charge in [0, 0.05) is 18.0 Å². The van der Waals surface area contributed by atoms with Crippen LogP contribution in [-0.4, -0.2) is 11.8 Å². The SMILES string of the molecule is Cc1ccc(NC(=O)CCCCl)cc1. The normalized spacial score (nSPS) is 9.86. The minimum Gasteiger partial charge on any atom is -0.326 e. The summed E-state index contributed by atoms with van der Waals surface area (Å²) in [6.07, 6.45) is 1.20. The van der Waals surface area contributed by atoms with Crippen LogP contribution in [0.4, 0.5) is 5.69 Å². The zero-order valence-corrected chi connectivity index (χ0v) is 8.97. The highest BCUT2D eigenvalue weighted by Crippen LogP contribution is 2.09. The first-order valence-corrected chi connectivity index (χ1v) is 5.18. The van der Waals surface area contributed by atoms with Crippen molar-refractivity contribution in [2.75, 3.05) is 11.2 Å². The van der Waals surface area contributed by atoms with Gasteiger partial charge >= 0.3 is 0 Å². The van der Waals surface area contributed by atoms with Gasteiger partial charge in [0.1, 0.15) is 0 Å². The molecule has 0 atom stereocenters. The van der Waals surface area contributed by atoms with E-state index in [2.05, 4.69) is 5.32 Å². The van der Waals surface area contributed by atoms with Crippen LogP contribution in [0.2, 0.25) is 0 Å². The van der Waals surface area contributed by atoms with Gasteiger partial charge in [0.25, 0.3) is 0 Å². The van der Waals surface area contributed by atoms with Crippen molar-refractivity contribution in [2.45, 2.75) is 19.8 Å². The minimum absolute atomic E-state index is 0.0227. The van der Waals surface area contributed by atoms with Crippen molar-refractivity contribution in [1.82, 2.24) is 0 Å². The van der Waals surface area contributed by atoms with Gasteiger partial charge in [0.05, 0.1) is 0 Å². The largest absolute Gasteiger partial charge is 0.326 e. The summed E-state index contributed by atoms with van der Waals surface area (Å²) in [5.41, 5.74) is 2.03. The Hall–Kier alpha value is -1.02. The average molecular weight is 212 g/mol. The van der Waals surface area contributed by atoms with Crippen LogP contribution in [-0.2, 0) is 4.79 Å². The number of carbonyl (C=O) groups excluding carboxylic acids is 1. The molecular weight excluding hydrogens is 198 g/mol. The summed E-state index contributed by atoms with van der Waals surface area (Å²) < 4.78 is 0. The zero-order valence-electron chi connectivity index (χ0n) is 8.22. The van der Waals surface area contributed by atoms with E-state index in [0.717, 1.165) is 12.1 Å². The maximum atomic E-state index is 11.3. The van der Waals surface area contributed by atoms with E-state index in [1.165, 1.54) is 5.56 Å². The first-order chi connectivity index (χ1) is 6.72. The second-order valence-electron chi connectivity index (χ2n) is 3.21. The molecule has 1 rings (SSSR count). The number of halogens is 1. The average Bonchev–Trinajstić information content (AvgIpc) is 2.18. The van der Waals surface area contributed by atoms with Gasteiger partial charge in [-0.2, -0.15) is 0 Å². The fraction of sp³-hybridized carbons (Fsp3) is 0.364. The number of rotatable bonds is 4. The van der Waals surface area contributed by atoms with Crippen molar-refractivity contribution < 1.29 is 4.79 Å². The summed E-state index contributed by atoms with van der Waals surface area (Å²) in [7, 11) is 0. The second kappa shape index (κ2) is 5.66. The van der Waals surface area contributed by atoms with Gasteiger partial charge in [-0.25, -0.2) is 0 Å². The van der Waals surface area contributed by atoms with Crippen LogP contribution >= 0.6 is 11.6 Å². The minimum atomic E-state index is 0.0227. The first-order valence-electron chi connectivity index (χ1n) is 4.65. The Kier molecular flexibility index (Phi) is 4.47. The molecule has 3 heteroatoms. The standard InChI is InChI=1S/C11H14ClNO/c1-9-4-6-10(7-5-9)13-11(14)3-2-8-12/h4-7H,2-3,8H2,1H3,(H,13,14). The molecule has 14 heavy (non-hydrogen) atoms. The molecule has 1 amide bonds. The lowest BCUT2D eigenvalue weighted by atomic mass is 10.2. The predicted molar refractivity (Wildman–Crippen MR) is 59.8 cm³/mol. The van der Waals surface area contributed by atoms with Crippen LogP contribution in [0.5, 0.6) is 0 Å². The molecule has 0 bridgehead atoms. The van der Waals surface area contributed by atoms with Crippen molar-refractivity contribution in [3.8, 4) is 0 Å². The molecule has 0 aliphatic heterocycles. The number of benzene rings is 1. The molecule has 1 aromatic carbocycles. The Morgan fingerprint density at radius 1 is 1.36 bits per heavy atom. The molecular formula is C11H14ClNO. The van der Waals surface area contributed by atoms with E-state index < -0.39 is 0 Å². The molecule has 0 aliphatic rings. The molecule has 0 aliphatic carbocycles. The Bertz CT molecular complexity index is 295. The summed E-state index contributed by atoms with van der Waals surface area (Å²) in [6, 6.07) is 7.73. The Balaban J connectivity index is 2.44. The van der Waals surface area contributed by atoms with Crippen LogP contribution < -0.4 is 5.32 Å². The number of amides is 1. The molecule has 0 saturated carbocycles. The van der Waals surface area contributed by atoms with E-state index in [1.807, 2.05) is 31.2 Å². The van der Waals surface area contributed by atoms with E-state index >= 15 is 0 Å². The maximum Gasteiger partial charge on any atom is 0.224 e. The first kappa shape index (κ1) is 11.1. The third-order valence-electron chi connectivity index (χ3n) is 1.87. The lowest BCUT2D eigenvalue weighted by Gasteiger charge is -2.04. The lowest BCUT2D eigenvalue weighted by Crippen LogP contribution is -2.11. The number of hydrogen-bond acceptors (Lipinski definition) is 1. The molecule has 1 N–H and O–H groups in total. The van der Waals surface area contributed by atoms with Crippen molar-refractivity contribution in [3.05, 3.63) is 29.8 Å². The number of anilines is 1. The molecule has 1 aromatic rings. The fourth-order valence-electron chi connectivity index (χ4n) is 1.09. The van der Waals surface area contributed by atoms with Crippen molar-refractivity contribution in [3.63, 3.8) is 0 Å². The number of hydrogen-bond donors (Lipinski definition) is 1. The lowest BCUT2D eigenvalue weighted by molar-refractivity contribution is -0.116. The highest BCUT2D eigenvalue weighted by atomic mass is 35.5. The zero-order chi connectivity index (χ0) is 10.4. The molecule has 2 nitrogen and oxygen atoms in total. The molecule has 0 radical (unpaired) electrons. The molecule has 0 saturated heterocycles. The summed E-state index contributed by atoms with van der Waals surface area (Å²) in [5, 5.41) is 2.81. The Morgan fingerprint density at radius 3 is 2.57 bits per heavy atom. The maximum absolute atomic E-state index is 11.3. The predicted octanol–water partition coefficient (Wildman–Crippen LogP) is 2.95. The van der Waals surface area contributed by atoms with E-state index in [0.29, 0.717) is 12.3 Å². The summed E-state index contributed by atoms with van der Waals surface area (Å²) in [5.74, 6) is 0.552. The highest BCUT2D eigenvalue weighted by Gasteiger charge is 2.00. The van der Waals surface area contributed by atoms with E-state index in [-0.39, 0.29) is 5.91 Å². The molecule has 76 valence electrons. The summed E-state index contributed by atoms with van der Waals surface area (Å²) in [4.78, 5) is 11.3. The number of aryl methyl sites for hydroxylation is 1. The number of carbonyl (C=O) groups is 1. The third kappa shape index (κ3) is 3.79. The van der Waals surface area contributed by atoms with Gasteiger partial charge < -0.3 is 5.32 Å². The van der Waals surface area contributed by atoms with Crippen molar-refractivity contribution in [2.24, 2.45) is 0 Å². The monoisotopic (exact) mass is 211 g/mol. The van der Waals surface area contributed by atoms with E-state index in [1.54, 1.807) is 0 Å². The highest BCUT2D eigenvalue weighted by molar-refractivity contribution is 6.18. The van der Waals surface area contributed by atoms with E-state index in [4.69, 9.17) is 11.6 Å². The van der Waals surface area contributed by atoms with Crippen LogP contribution in [0.1, 0.15) is 18.4 Å². The van der Waals surface area contributed by atoms with Gasteiger partial charge in [0.2, 0.25) is 5.91 Å². The third-order valence-corrected chi connectivity index (χ3v) is 2.14. The van der Waals surface area contributed by atoms with Crippen molar-refractivity contribution >= 4 is 23.2 Å². The molecule has 0 aromatic heterocycles. The molecule has 0 unspecified atom stereocenters. The fourth-order valence-corrected chi connectivity index (χ4v) is 1.22. The van der Waals surface area contributed by atoms with Gasteiger partial charge in [0.15, 0.2) is 0 Å². The summed E-state index contributed by atoms with van der Waals surface area (Å²) in [6.45, 7) is 2.01. The smallest absolute Gasteiger partial charge is 0.224 e. The van der Waals surface area contributed by atoms with Crippen molar-refractivity contribution in [1.29, 1.82) is 0 Å². The van der Waals surface area contributed by atoms with Gasteiger partial charge in [-0.05, 0) is 25.5 Å². The topological polar surface area (TPSA) is 29.1 Å². The van der Waals surface area contributed by atoms with Crippen LogP contribution in [0.15, 0.2) is 24.3 Å². The molecule has 0 fully saturated rings. The quantitative estimate of drug-likeness (QED) is 0.763. The van der Waals surface area contributed by atoms with Gasteiger partial charge in [-0.15, -0.1) is 11.6 Å². The second-order valence-corrected chi connectivity index (χ2v) is 3.58. The summed E-state index contributed by atoms with van der Waals surface area (Å²) >= 11 is 5.49. The van der Waals surface area contributed by atoms with E-state index in [9.17, 15) is 4.79 Å². The number of nitrogens with one attached hydrogen (secondary N) is 1. The van der Waals surface area contributed by atoms with Crippen LogP contribution in [0, 0.1) is 6.92 Å². The van der Waals surface area contributed by atoms with Crippen LogP contribution in [0.3, 0.4) is 0 Å². The molecule has 0 spiro atoms. The number of alkyl halides is 1. The van der Waals surface area contributed by atoms with Gasteiger partial charge in [-0.3, -0.25) is 4.79 Å².